The van der Waals surface area contributed by atoms with Crippen LogP contribution in [0.1, 0.15) is 5.69 Å². The van der Waals surface area contributed by atoms with E-state index in [4.69, 9.17) is 0 Å². The summed E-state index contributed by atoms with van der Waals surface area (Å²) in [6, 6.07) is 2.88. The van der Waals surface area contributed by atoms with Crippen molar-refractivity contribution >= 4 is 18.3 Å². The molecule has 0 spiro atoms. The lowest BCUT2D eigenvalue weighted by atomic mass is 10.2. The molecule has 1 fully saturated rings. The first-order valence-corrected chi connectivity index (χ1v) is 5.34. The van der Waals surface area contributed by atoms with E-state index in [-0.39, 0.29) is 30.6 Å². The Balaban J connectivity index is 0.00000144. The minimum Gasteiger partial charge on any atom is -0.340 e. The Kier molecular flexibility index (Phi) is 5.31. The number of nitrogens with one attached hydrogen (secondary N) is 1. The quantitative estimate of drug-likeness (QED) is 0.847. The van der Waals surface area contributed by atoms with E-state index in [0.717, 1.165) is 32.4 Å². The van der Waals surface area contributed by atoms with Crippen molar-refractivity contribution in [1.82, 2.24) is 15.2 Å². The third-order valence-corrected chi connectivity index (χ3v) is 2.59. The van der Waals surface area contributed by atoms with Gasteiger partial charge in [0.1, 0.15) is 5.82 Å². The van der Waals surface area contributed by atoms with Crippen molar-refractivity contribution in [1.29, 1.82) is 0 Å². The van der Waals surface area contributed by atoms with Crippen LogP contribution < -0.4 is 5.32 Å². The molecule has 0 radical (unpaired) electrons. The van der Waals surface area contributed by atoms with Crippen LogP contribution in [0.25, 0.3) is 0 Å². The molecule has 94 valence electrons. The van der Waals surface area contributed by atoms with E-state index in [1.807, 2.05) is 4.90 Å². The van der Waals surface area contributed by atoms with Gasteiger partial charge in [0.25, 0.3) is 0 Å². The van der Waals surface area contributed by atoms with Gasteiger partial charge < -0.3 is 10.2 Å². The molecule has 0 saturated carbocycles. The zero-order chi connectivity index (χ0) is 11.4. The Hall–Kier alpha value is -1.20. The molecule has 0 bridgehead atoms. The standard InChI is InChI=1S/C11H14FN3O.ClH/c12-9-1-2-10(14-8-9)7-11(16)15-5-3-13-4-6-15;/h1-2,8,13H,3-7H2;1H. The molecule has 1 amide bonds. The summed E-state index contributed by atoms with van der Waals surface area (Å²) in [5.74, 6) is -0.320. The minimum atomic E-state index is -0.377. The van der Waals surface area contributed by atoms with Crippen molar-refractivity contribution in [3.05, 3.63) is 29.8 Å². The number of amides is 1. The second kappa shape index (κ2) is 6.51. The van der Waals surface area contributed by atoms with Gasteiger partial charge in [-0.3, -0.25) is 9.78 Å². The normalized spacial score (nSPS) is 15.2. The number of halogens is 2. The highest BCUT2D eigenvalue weighted by atomic mass is 35.5. The molecule has 1 aromatic heterocycles. The predicted molar refractivity (Wildman–Crippen MR) is 64.6 cm³/mol. The third-order valence-electron chi connectivity index (χ3n) is 2.59. The van der Waals surface area contributed by atoms with Crippen LogP contribution in [0.5, 0.6) is 0 Å². The Morgan fingerprint density at radius 2 is 2.12 bits per heavy atom. The fourth-order valence-electron chi connectivity index (χ4n) is 1.69. The lowest BCUT2D eigenvalue weighted by molar-refractivity contribution is -0.131. The summed E-state index contributed by atoms with van der Waals surface area (Å²) < 4.78 is 12.6. The lowest BCUT2D eigenvalue weighted by Gasteiger charge is -2.27. The van der Waals surface area contributed by atoms with Gasteiger partial charge in [0.05, 0.1) is 12.6 Å². The van der Waals surface area contributed by atoms with Crippen molar-refractivity contribution in [3.63, 3.8) is 0 Å². The lowest BCUT2D eigenvalue weighted by Crippen LogP contribution is -2.47. The summed E-state index contributed by atoms with van der Waals surface area (Å²) in [4.78, 5) is 17.5. The van der Waals surface area contributed by atoms with E-state index >= 15 is 0 Å². The average molecular weight is 260 g/mol. The van der Waals surface area contributed by atoms with Crippen LogP contribution >= 0.6 is 12.4 Å². The zero-order valence-electron chi connectivity index (χ0n) is 9.36. The highest BCUT2D eigenvalue weighted by Crippen LogP contribution is 2.02. The second-order valence-corrected chi connectivity index (χ2v) is 3.78. The van der Waals surface area contributed by atoms with Gasteiger partial charge in [0.2, 0.25) is 5.91 Å². The van der Waals surface area contributed by atoms with Crippen molar-refractivity contribution in [2.45, 2.75) is 6.42 Å². The van der Waals surface area contributed by atoms with Gasteiger partial charge in [0.15, 0.2) is 0 Å². The summed E-state index contributed by atoms with van der Waals surface area (Å²) in [5, 5.41) is 3.18. The Labute approximate surface area is 106 Å². The predicted octanol–water partition coefficient (Wildman–Crippen LogP) is 0.617. The molecule has 0 aliphatic carbocycles. The van der Waals surface area contributed by atoms with Crippen LogP contribution in [0.2, 0.25) is 0 Å². The SMILES string of the molecule is Cl.O=C(Cc1ccc(F)cn1)N1CCNCC1. The Morgan fingerprint density at radius 3 is 2.71 bits per heavy atom. The van der Waals surface area contributed by atoms with Crippen molar-refractivity contribution in [2.75, 3.05) is 26.2 Å². The van der Waals surface area contributed by atoms with Crippen LogP contribution in [0.3, 0.4) is 0 Å². The number of nitrogens with zero attached hydrogens (tertiary/aromatic N) is 2. The van der Waals surface area contributed by atoms with Crippen LogP contribution in [-0.4, -0.2) is 42.0 Å². The molecular formula is C11H15ClFN3O. The molecule has 1 aliphatic heterocycles. The van der Waals surface area contributed by atoms with Crippen molar-refractivity contribution in [2.24, 2.45) is 0 Å². The maximum atomic E-state index is 12.6. The van der Waals surface area contributed by atoms with Gasteiger partial charge in [0, 0.05) is 31.9 Å². The largest absolute Gasteiger partial charge is 0.340 e. The fourth-order valence-corrected chi connectivity index (χ4v) is 1.69. The molecule has 1 aromatic rings. The number of carbonyl (C=O) groups is 1. The topological polar surface area (TPSA) is 45.2 Å². The summed E-state index contributed by atoms with van der Waals surface area (Å²) in [5.41, 5.74) is 0.616. The molecular weight excluding hydrogens is 245 g/mol. The van der Waals surface area contributed by atoms with Gasteiger partial charge >= 0.3 is 0 Å². The molecule has 0 aromatic carbocycles. The molecule has 4 nitrogen and oxygen atoms in total. The number of carbonyl (C=O) groups excluding carboxylic acids is 1. The van der Waals surface area contributed by atoms with Crippen LogP contribution in [-0.2, 0) is 11.2 Å². The van der Waals surface area contributed by atoms with Gasteiger partial charge in [-0.05, 0) is 12.1 Å². The summed E-state index contributed by atoms with van der Waals surface area (Å²) in [6.45, 7) is 3.14. The molecule has 2 rings (SSSR count). The number of hydrogen-bond acceptors (Lipinski definition) is 3. The number of piperazine rings is 1. The third kappa shape index (κ3) is 3.94. The number of aromatic nitrogens is 1. The maximum Gasteiger partial charge on any atom is 0.228 e. The Morgan fingerprint density at radius 1 is 1.41 bits per heavy atom. The second-order valence-electron chi connectivity index (χ2n) is 3.78. The van der Waals surface area contributed by atoms with Crippen molar-refractivity contribution < 1.29 is 9.18 Å². The monoisotopic (exact) mass is 259 g/mol. The van der Waals surface area contributed by atoms with E-state index < -0.39 is 0 Å². The number of rotatable bonds is 2. The number of pyridine rings is 1. The molecule has 1 N–H and O–H groups in total. The summed E-state index contributed by atoms with van der Waals surface area (Å²) in [6.07, 6.45) is 1.39. The molecule has 17 heavy (non-hydrogen) atoms. The van der Waals surface area contributed by atoms with E-state index in [9.17, 15) is 9.18 Å². The molecule has 0 atom stereocenters. The van der Waals surface area contributed by atoms with Crippen LogP contribution in [0.4, 0.5) is 4.39 Å². The summed E-state index contributed by atoms with van der Waals surface area (Å²) >= 11 is 0. The minimum absolute atomic E-state index is 0. The number of hydrogen-bond donors (Lipinski definition) is 1. The molecule has 6 heteroatoms. The molecule has 1 saturated heterocycles. The van der Waals surface area contributed by atoms with Gasteiger partial charge in [-0.2, -0.15) is 0 Å². The highest BCUT2D eigenvalue weighted by molar-refractivity contribution is 5.85. The van der Waals surface area contributed by atoms with E-state index in [1.165, 1.54) is 6.07 Å². The van der Waals surface area contributed by atoms with Crippen LogP contribution in [0, 0.1) is 5.82 Å². The molecule has 2 heterocycles. The molecule has 1 aliphatic rings. The first-order valence-electron chi connectivity index (χ1n) is 5.34. The van der Waals surface area contributed by atoms with E-state index in [0.29, 0.717) is 5.69 Å². The Bertz CT molecular complexity index is 365. The van der Waals surface area contributed by atoms with Gasteiger partial charge in [-0.1, -0.05) is 0 Å². The smallest absolute Gasteiger partial charge is 0.228 e. The first-order chi connectivity index (χ1) is 7.75. The fraction of sp³-hybridized carbons (Fsp3) is 0.455. The van der Waals surface area contributed by atoms with E-state index in [1.54, 1.807) is 6.07 Å². The molecule has 0 unspecified atom stereocenters. The van der Waals surface area contributed by atoms with Gasteiger partial charge in [-0.15, -0.1) is 12.4 Å². The first kappa shape index (κ1) is 13.9. The van der Waals surface area contributed by atoms with Crippen LogP contribution in [0.15, 0.2) is 18.3 Å². The van der Waals surface area contributed by atoms with E-state index in [2.05, 4.69) is 10.3 Å². The summed E-state index contributed by atoms with van der Waals surface area (Å²) in [7, 11) is 0. The van der Waals surface area contributed by atoms with Crippen molar-refractivity contribution in [3.8, 4) is 0 Å². The highest BCUT2D eigenvalue weighted by Gasteiger charge is 2.16. The van der Waals surface area contributed by atoms with Gasteiger partial charge in [-0.25, -0.2) is 4.39 Å². The maximum absolute atomic E-state index is 12.6. The average Bonchev–Trinajstić information content (AvgIpc) is 2.33. The zero-order valence-corrected chi connectivity index (χ0v) is 10.2.